The minimum Gasteiger partial charge on any atom is -0.0961 e. The molecule has 0 aliphatic carbocycles. The lowest BCUT2D eigenvalue weighted by Gasteiger charge is -1.88. The average Bonchev–Trinajstić information content (AvgIpc) is 1.83. The third-order valence-corrected chi connectivity index (χ3v) is 1.50. The van der Waals surface area contributed by atoms with Crippen LogP contribution in [0, 0.1) is 0 Å². The van der Waals surface area contributed by atoms with Crippen molar-refractivity contribution < 1.29 is 0 Å². The van der Waals surface area contributed by atoms with Crippen molar-refractivity contribution >= 4 is 15.9 Å². The van der Waals surface area contributed by atoms with E-state index < -0.39 is 0 Å². The van der Waals surface area contributed by atoms with Gasteiger partial charge in [-0.3, -0.25) is 0 Å². The highest BCUT2D eigenvalue weighted by Crippen LogP contribution is 1.99. The van der Waals surface area contributed by atoms with Crippen LogP contribution in [0.4, 0.5) is 0 Å². The first-order valence-corrected chi connectivity index (χ1v) is 3.86. The molecule has 0 aromatic carbocycles. The third kappa shape index (κ3) is 5.57. The Hall–Kier alpha value is -0.300. The summed E-state index contributed by atoms with van der Waals surface area (Å²) in [6, 6.07) is 0. The van der Waals surface area contributed by atoms with Gasteiger partial charge in [-0.25, -0.2) is 0 Å². The Morgan fingerprint density at radius 3 is 2.33 bits per heavy atom. The topological polar surface area (TPSA) is 0 Å². The SMILES string of the molecule is C=C(C)/C=C\C(=C)CBr. The summed E-state index contributed by atoms with van der Waals surface area (Å²) < 4.78 is 0. The van der Waals surface area contributed by atoms with Crippen LogP contribution in [0.25, 0.3) is 0 Å². The zero-order chi connectivity index (χ0) is 7.28. The largest absolute Gasteiger partial charge is 0.0961 e. The molecule has 0 amide bonds. The number of hydrogen-bond acceptors (Lipinski definition) is 0. The molecule has 0 nitrogen and oxygen atoms in total. The standard InChI is InChI=1S/C8H11Br/c1-7(2)4-5-8(3)6-9/h4-5H,1,3,6H2,2H3/b5-4-. The molecule has 0 fully saturated rings. The summed E-state index contributed by atoms with van der Waals surface area (Å²) in [5.74, 6) is 0. The van der Waals surface area contributed by atoms with Gasteiger partial charge in [0.15, 0.2) is 0 Å². The number of hydrogen-bond donors (Lipinski definition) is 0. The van der Waals surface area contributed by atoms with E-state index in [1.54, 1.807) is 0 Å². The van der Waals surface area contributed by atoms with E-state index in [0.717, 1.165) is 16.5 Å². The van der Waals surface area contributed by atoms with Gasteiger partial charge in [-0.2, -0.15) is 0 Å². The van der Waals surface area contributed by atoms with Gasteiger partial charge in [0.1, 0.15) is 0 Å². The molecule has 0 aromatic heterocycles. The Bertz CT molecular complexity index is 143. The summed E-state index contributed by atoms with van der Waals surface area (Å²) >= 11 is 3.28. The Morgan fingerprint density at radius 1 is 1.44 bits per heavy atom. The summed E-state index contributed by atoms with van der Waals surface area (Å²) in [6.45, 7) is 9.44. The lowest BCUT2D eigenvalue weighted by atomic mass is 10.2. The van der Waals surface area contributed by atoms with Crippen LogP contribution in [0.3, 0.4) is 0 Å². The Labute approximate surface area is 65.1 Å². The van der Waals surface area contributed by atoms with E-state index in [0.29, 0.717) is 0 Å². The van der Waals surface area contributed by atoms with Crippen LogP contribution in [0.1, 0.15) is 6.92 Å². The molecule has 1 heteroatoms. The van der Waals surface area contributed by atoms with Gasteiger partial charge in [-0.1, -0.05) is 46.8 Å². The van der Waals surface area contributed by atoms with Gasteiger partial charge in [0.25, 0.3) is 0 Å². The van der Waals surface area contributed by atoms with Crippen LogP contribution in [-0.2, 0) is 0 Å². The fourth-order valence-electron chi connectivity index (χ4n) is 0.305. The molecule has 0 saturated carbocycles. The average molecular weight is 187 g/mol. The van der Waals surface area contributed by atoms with E-state index in [2.05, 4.69) is 29.1 Å². The number of allylic oxidation sites excluding steroid dienone is 4. The highest BCUT2D eigenvalue weighted by Gasteiger charge is 1.80. The predicted molar refractivity (Wildman–Crippen MR) is 46.9 cm³/mol. The summed E-state index contributed by atoms with van der Waals surface area (Å²) in [5.41, 5.74) is 2.12. The molecule has 0 rings (SSSR count). The summed E-state index contributed by atoms with van der Waals surface area (Å²) in [6.07, 6.45) is 3.90. The maximum Gasteiger partial charge on any atom is 0.0277 e. The van der Waals surface area contributed by atoms with E-state index in [4.69, 9.17) is 0 Å². The number of halogens is 1. The molecule has 9 heavy (non-hydrogen) atoms. The van der Waals surface area contributed by atoms with Gasteiger partial charge in [0, 0.05) is 5.33 Å². The van der Waals surface area contributed by atoms with E-state index in [1.807, 2.05) is 19.1 Å². The molecule has 0 saturated heterocycles. The van der Waals surface area contributed by atoms with E-state index in [1.165, 1.54) is 0 Å². The molecule has 0 radical (unpaired) electrons. The fourth-order valence-corrected chi connectivity index (χ4v) is 0.492. The predicted octanol–water partition coefficient (Wildman–Crippen LogP) is 3.07. The number of alkyl halides is 1. The van der Waals surface area contributed by atoms with E-state index in [9.17, 15) is 0 Å². The van der Waals surface area contributed by atoms with Gasteiger partial charge in [-0.15, -0.1) is 0 Å². The monoisotopic (exact) mass is 186 g/mol. The molecule has 50 valence electrons. The van der Waals surface area contributed by atoms with E-state index in [-0.39, 0.29) is 0 Å². The molecule has 0 heterocycles. The van der Waals surface area contributed by atoms with Crippen molar-refractivity contribution in [3.8, 4) is 0 Å². The highest BCUT2D eigenvalue weighted by atomic mass is 79.9. The van der Waals surface area contributed by atoms with Crippen molar-refractivity contribution in [1.29, 1.82) is 0 Å². The first kappa shape index (κ1) is 8.70. The first-order chi connectivity index (χ1) is 4.16. The molecule has 0 spiro atoms. The quantitative estimate of drug-likeness (QED) is 0.470. The van der Waals surface area contributed by atoms with Crippen LogP contribution in [0.5, 0.6) is 0 Å². The Kier molecular flexibility index (Phi) is 4.41. The maximum atomic E-state index is 3.77. The smallest absolute Gasteiger partial charge is 0.0277 e. The van der Waals surface area contributed by atoms with Gasteiger partial charge >= 0.3 is 0 Å². The van der Waals surface area contributed by atoms with Crippen molar-refractivity contribution in [2.24, 2.45) is 0 Å². The third-order valence-electron chi connectivity index (χ3n) is 0.775. The summed E-state index contributed by atoms with van der Waals surface area (Å²) in [4.78, 5) is 0. The van der Waals surface area contributed by atoms with Gasteiger partial charge < -0.3 is 0 Å². The molecule has 0 bridgehead atoms. The normalized spacial score (nSPS) is 10.0. The first-order valence-electron chi connectivity index (χ1n) is 2.74. The van der Waals surface area contributed by atoms with E-state index >= 15 is 0 Å². The van der Waals surface area contributed by atoms with Crippen LogP contribution < -0.4 is 0 Å². The van der Waals surface area contributed by atoms with Crippen molar-refractivity contribution in [1.82, 2.24) is 0 Å². The van der Waals surface area contributed by atoms with Crippen molar-refractivity contribution in [2.75, 3.05) is 5.33 Å². The van der Waals surface area contributed by atoms with Gasteiger partial charge in [0.05, 0.1) is 0 Å². The zero-order valence-electron chi connectivity index (χ0n) is 5.65. The zero-order valence-corrected chi connectivity index (χ0v) is 7.24. The molecule has 0 aliphatic rings. The lowest BCUT2D eigenvalue weighted by molar-refractivity contribution is 1.52. The van der Waals surface area contributed by atoms with Crippen molar-refractivity contribution in [3.63, 3.8) is 0 Å². The van der Waals surface area contributed by atoms with Gasteiger partial charge in [0.2, 0.25) is 0 Å². The number of rotatable bonds is 3. The lowest BCUT2D eigenvalue weighted by Crippen LogP contribution is -1.73. The minimum atomic E-state index is 0.830. The maximum absolute atomic E-state index is 3.77. The molecule has 0 aromatic rings. The second kappa shape index (κ2) is 4.57. The second-order valence-electron chi connectivity index (χ2n) is 1.97. The molecule has 0 atom stereocenters. The van der Waals surface area contributed by atoms with Crippen LogP contribution >= 0.6 is 15.9 Å². The van der Waals surface area contributed by atoms with Crippen molar-refractivity contribution in [3.05, 3.63) is 36.5 Å². The van der Waals surface area contributed by atoms with Gasteiger partial charge in [-0.05, 0) is 12.5 Å². The Morgan fingerprint density at radius 2 is 2.00 bits per heavy atom. The summed E-state index contributed by atoms with van der Waals surface area (Å²) in [7, 11) is 0. The molecular formula is C8H11Br. The molecule has 0 aliphatic heterocycles. The summed E-state index contributed by atoms with van der Waals surface area (Å²) in [5, 5.41) is 0.830. The molecular weight excluding hydrogens is 176 g/mol. The van der Waals surface area contributed by atoms with Crippen LogP contribution in [-0.4, -0.2) is 5.33 Å². The van der Waals surface area contributed by atoms with Crippen molar-refractivity contribution in [2.45, 2.75) is 6.92 Å². The Balaban J connectivity index is 3.71. The molecule has 0 unspecified atom stereocenters. The molecule has 0 N–H and O–H groups in total. The highest BCUT2D eigenvalue weighted by molar-refractivity contribution is 9.09. The van der Waals surface area contributed by atoms with Crippen LogP contribution in [0.2, 0.25) is 0 Å². The fraction of sp³-hybridized carbons (Fsp3) is 0.250. The minimum absolute atomic E-state index is 0.830. The van der Waals surface area contributed by atoms with Crippen LogP contribution in [0.15, 0.2) is 36.5 Å². The second-order valence-corrected chi connectivity index (χ2v) is 2.53.